The van der Waals surface area contributed by atoms with Crippen molar-refractivity contribution in [1.29, 1.82) is 0 Å². The first-order chi connectivity index (χ1) is 6.97. The van der Waals surface area contributed by atoms with E-state index in [1.807, 2.05) is 17.8 Å². The second-order valence-corrected chi connectivity index (χ2v) is 5.39. The summed E-state index contributed by atoms with van der Waals surface area (Å²) in [5, 5.41) is 8.03. The molecule has 0 N–H and O–H groups in total. The Kier molecular flexibility index (Phi) is 2.54. The summed E-state index contributed by atoms with van der Waals surface area (Å²) in [4.78, 5) is 2.52. The molecule has 0 radical (unpaired) electrons. The molecule has 0 aliphatic carbocycles. The fourth-order valence-electron chi connectivity index (χ4n) is 2.03. The van der Waals surface area contributed by atoms with Gasteiger partial charge in [0.15, 0.2) is 0 Å². The lowest BCUT2D eigenvalue weighted by atomic mass is 10.1. The van der Waals surface area contributed by atoms with E-state index in [4.69, 9.17) is 0 Å². The van der Waals surface area contributed by atoms with Crippen LogP contribution in [0.3, 0.4) is 0 Å². The average Bonchev–Trinajstić information content (AvgIpc) is 2.80. The predicted molar refractivity (Wildman–Crippen MR) is 59.6 cm³/mol. The van der Waals surface area contributed by atoms with E-state index < -0.39 is 0 Å². The molecule has 4 heteroatoms. The van der Waals surface area contributed by atoms with Gasteiger partial charge in [0.05, 0.1) is 5.69 Å². The van der Waals surface area contributed by atoms with E-state index in [9.17, 15) is 0 Å². The van der Waals surface area contributed by atoms with E-state index in [2.05, 4.69) is 36.0 Å². The summed E-state index contributed by atoms with van der Waals surface area (Å²) in [6, 6.07) is 0.745. The molecule has 0 aromatic carbocycles. The van der Waals surface area contributed by atoms with Gasteiger partial charge in [0, 0.05) is 30.9 Å². The summed E-state index contributed by atoms with van der Waals surface area (Å²) in [5.74, 6) is 0. The van der Waals surface area contributed by atoms with Crippen molar-refractivity contribution in [2.24, 2.45) is 0 Å². The normalized spacial score (nSPS) is 25.6. The van der Waals surface area contributed by atoms with E-state index in [0.29, 0.717) is 5.54 Å². The number of aromatic nitrogens is 3. The molecule has 2 unspecified atom stereocenters. The van der Waals surface area contributed by atoms with Crippen molar-refractivity contribution in [3.05, 3.63) is 11.9 Å². The predicted octanol–water partition coefficient (Wildman–Crippen LogP) is 1.46. The molecule has 2 rings (SSSR count). The van der Waals surface area contributed by atoms with E-state index in [1.54, 1.807) is 0 Å². The Morgan fingerprint density at radius 1 is 1.47 bits per heavy atom. The Hall–Kier alpha value is -0.900. The van der Waals surface area contributed by atoms with Gasteiger partial charge in [0.25, 0.3) is 0 Å². The summed E-state index contributed by atoms with van der Waals surface area (Å²) in [6.07, 6.45) is 3.18. The monoisotopic (exact) mass is 208 g/mol. The fraction of sp³-hybridized carbons (Fsp3) is 0.818. The minimum atomic E-state index is 0.322. The van der Waals surface area contributed by atoms with Crippen LogP contribution in [0.1, 0.15) is 32.9 Å². The van der Waals surface area contributed by atoms with Crippen molar-refractivity contribution in [3.8, 4) is 0 Å². The highest BCUT2D eigenvalue weighted by atomic mass is 15.4. The maximum Gasteiger partial charge on any atom is 0.0796 e. The third-order valence-electron chi connectivity index (χ3n) is 2.92. The molecule has 15 heavy (non-hydrogen) atoms. The van der Waals surface area contributed by atoms with Crippen LogP contribution in [0, 0.1) is 6.92 Å². The standard InChI is InChI=1S/C11H20N4/c1-9-7-14(13-12-9)6-5-10-8-15(10)11(2,3)4/h7,10H,5-6,8H2,1-4H3. The molecule has 1 aromatic rings. The first kappa shape index (κ1) is 10.6. The van der Waals surface area contributed by atoms with Crippen molar-refractivity contribution in [3.63, 3.8) is 0 Å². The highest BCUT2D eigenvalue weighted by Gasteiger charge is 2.41. The van der Waals surface area contributed by atoms with Crippen molar-refractivity contribution in [2.45, 2.75) is 52.2 Å². The van der Waals surface area contributed by atoms with Gasteiger partial charge >= 0.3 is 0 Å². The van der Waals surface area contributed by atoms with Crippen LogP contribution in [0.4, 0.5) is 0 Å². The van der Waals surface area contributed by atoms with E-state index in [1.165, 1.54) is 13.0 Å². The lowest BCUT2D eigenvalue weighted by Gasteiger charge is -2.21. The minimum absolute atomic E-state index is 0.322. The van der Waals surface area contributed by atoms with E-state index in [0.717, 1.165) is 18.3 Å². The van der Waals surface area contributed by atoms with Gasteiger partial charge in [-0.25, -0.2) is 0 Å². The topological polar surface area (TPSA) is 33.7 Å². The molecular weight excluding hydrogens is 188 g/mol. The third kappa shape index (κ3) is 2.56. The number of hydrogen-bond donors (Lipinski definition) is 0. The lowest BCUT2D eigenvalue weighted by molar-refractivity contribution is 0.278. The number of rotatable bonds is 3. The van der Waals surface area contributed by atoms with Crippen LogP contribution in [0.5, 0.6) is 0 Å². The number of aryl methyl sites for hydroxylation is 2. The largest absolute Gasteiger partial charge is 0.293 e. The molecule has 0 bridgehead atoms. The zero-order valence-electron chi connectivity index (χ0n) is 10.1. The second kappa shape index (κ2) is 3.59. The van der Waals surface area contributed by atoms with Crippen LogP contribution in [-0.4, -0.2) is 38.0 Å². The molecule has 2 heterocycles. The molecule has 0 spiro atoms. The summed E-state index contributed by atoms with van der Waals surface area (Å²) in [5.41, 5.74) is 1.32. The molecule has 1 aliphatic heterocycles. The van der Waals surface area contributed by atoms with Crippen LogP contribution in [0.25, 0.3) is 0 Å². The zero-order chi connectivity index (χ0) is 11.1. The Bertz CT molecular complexity index is 337. The van der Waals surface area contributed by atoms with Gasteiger partial charge in [0.2, 0.25) is 0 Å². The summed E-state index contributed by atoms with van der Waals surface area (Å²) in [6.45, 7) is 11.0. The van der Waals surface area contributed by atoms with Crippen LogP contribution in [0.2, 0.25) is 0 Å². The van der Waals surface area contributed by atoms with Gasteiger partial charge in [-0.1, -0.05) is 5.21 Å². The SMILES string of the molecule is Cc1cn(CCC2CN2C(C)(C)C)nn1. The highest BCUT2D eigenvalue weighted by Crippen LogP contribution is 2.31. The van der Waals surface area contributed by atoms with E-state index >= 15 is 0 Å². The van der Waals surface area contributed by atoms with Gasteiger partial charge in [-0.2, -0.15) is 0 Å². The molecule has 1 fully saturated rings. The molecular formula is C11H20N4. The Labute approximate surface area is 91.3 Å². The molecule has 2 atom stereocenters. The van der Waals surface area contributed by atoms with Crippen molar-refractivity contribution < 1.29 is 0 Å². The average molecular weight is 208 g/mol. The van der Waals surface area contributed by atoms with Crippen LogP contribution in [0.15, 0.2) is 6.20 Å². The first-order valence-electron chi connectivity index (χ1n) is 5.60. The fourth-order valence-corrected chi connectivity index (χ4v) is 2.03. The number of nitrogens with zero attached hydrogens (tertiary/aromatic N) is 4. The molecule has 1 aliphatic rings. The molecule has 0 saturated carbocycles. The minimum Gasteiger partial charge on any atom is -0.293 e. The van der Waals surface area contributed by atoms with E-state index in [-0.39, 0.29) is 0 Å². The summed E-state index contributed by atoms with van der Waals surface area (Å²) < 4.78 is 1.94. The van der Waals surface area contributed by atoms with Crippen LogP contribution in [-0.2, 0) is 6.54 Å². The van der Waals surface area contributed by atoms with Crippen molar-refractivity contribution in [2.75, 3.05) is 6.54 Å². The number of hydrogen-bond acceptors (Lipinski definition) is 3. The third-order valence-corrected chi connectivity index (χ3v) is 2.92. The summed E-state index contributed by atoms with van der Waals surface area (Å²) in [7, 11) is 0. The summed E-state index contributed by atoms with van der Waals surface area (Å²) >= 11 is 0. The second-order valence-electron chi connectivity index (χ2n) is 5.39. The quantitative estimate of drug-likeness (QED) is 0.705. The molecule has 0 amide bonds. The maximum absolute atomic E-state index is 4.05. The van der Waals surface area contributed by atoms with Gasteiger partial charge in [-0.05, 0) is 34.1 Å². The first-order valence-corrected chi connectivity index (χ1v) is 5.60. The molecule has 4 nitrogen and oxygen atoms in total. The van der Waals surface area contributed by atoms with Crippen molar-refractivity contribution >= 4 is 0 Å². The van der Waals surface area contributed by atoms with Gasteiger partial charge in [-0.3, -0.25) is 9.58 Å². The zero-order valence-corrected chi connectivity index (χ0v) is 10.1. The smallest absolute Gasteiger partial charge is 0.0796 e. The van der Waals surface area contributed by atoms with Crippen molar-refractivity contribution in [1.82, 2.24) is 19.9 Å². The molecule has 1 aromatic heterocycles. The van der Waals surface area contributed by atoms with Gasteiger partial charge in [-0.15, -0.1) is 5.10 Å². The Morgan fingerprint density at radius 2 is 2.20 bits per heavy atom. The Balaban J connectivity index is 1.77. The van der Waals surface area contributed by atoms with Crippen LogP contribution >= 0.6 is 0 Å². The molecule has 84 valence electrons. The highest BCUT2D eigenvalue weighted by molar-refractivity contribution is 4.97. The maximum atomic E-state index is 4.05. The lowest BCUT2D eigenvalue weighted by Crippen LogP contribution is -2.27. The van der Waals surface area contributed by atoms with Crippen LogP contribution < -0.4 is 0 Å². The van der Waals surface area contributed by atoms with Gasteiger partial charge < -0.3 is 0 Å². The van der Waals surface area contributed by atoms with Gasteiger partial charge in [0.1, 0.15) is 0 Å². The Morgan fingerprint density at radius 3 is 2.67 bits per heavy atom. The molecule has 1 saturated heterocycles.